The van der Waals surface area contributed by atoms with Crippen molar-refractivity contribution in [2.75, 3.05) is 0 Å². The van der Waals surface area contributed by atoms with E-state index in [9.17, 15) is 0 Å². The number of aromatic amines is 1. The second kappa shape index (κ2) is 5.54. The molecule has 0 aliphatic rings. The van der Waals surface area contributed by atoms with Gasteiger partial charge in [-0.3, -0.25) is 5.10 Å². The number of rotatable bonds is 4. The number of nitrogens with zero attached hydrogens (tertiary/aromatic N) is 2. The van der Waals surface area contributed by atoms with E-state index in [0.29, 0.717) is 0 Å². The van der Waals surface area contributed by atoms with Gasteiger partial charge >= 0.3 is 0 Å². The topological polar surface area (TPSA) is 67.6 Å². The molecule has 0 amide bonds. The Bertz CT molecular complexity index is 534. The molecule has 0 radical (unpaired) electrons. The van der Waals surface area contributed by atoms with Gasteiger partial charge in [0.25, 0.3) is 0 Å². The summed E-state index contributed by atoms with van der Waals surface area (Å²) in [5.74, 6) is 0.837. The lowest BCUT2D eigenvalue weighted by atomic mass is 10.1. The van der Waals surface area contributed by atoms with Crippen LogP contribution in [0.25, 0.3) is 0 Å². The summed E-state index contributed by atoms with van der Waals surface area (Å²) < 4.78 is 0. The predicted molar refractivity (Wildman–Crippen MR) is 73.8 cm³/mol. The quantitative estimate of drug-likeness (QED) is 0.888. The van der Waals surface area contributed by atoms with Crippen molar-refractivity contribution in [2.45, 2.75) is 43.3 Å². The highest BCUT2D eigenvalue weighted by Gasteiger charge is 2.07. The minimum absolute atomic E-state index is 0.193. The highest BCUT2D eigenvalue weighted by molar-refractivity contribution is 7.99. The standard InChI is InChI=1S/C13H18N4S/c1-8-6-11(7-9(2)14)4-5-12(8)18-13-15-10(3)16-17-13/h4-6,9H,7,14H2,1-3H3,(H,15,16,17). The van der Waals surface area contributed by atoms with Crippen LogP contribution in [0.4, 0.5) is 0 Å². The van der Waals surface area contributed by atoms with Crippen LogP contribution in [0.2, 0.25) is 0 Å². The van der Waals surface area contributed by atoms with Crippen LogP contribution in [-0.2, 0) is 6.42 Å². The van der Waals surface area contributed by atoms with E-state index in [-0.39, 0.29) is 6.04 Å². The molecule has 0 saturated heterocycles. The minimum Gasteiger partial charge on any atom is -0.328 e. The summed E-state index contributed by atoms with van der Waals surface area (Å²) >= 11 is 1.58. The van der Waals surface area contributed by atoms with Crippen LogP contribution < -0.4 is 5.73 Å². The summed E-state index contributed by atoms with van der Waals surface area (Å²) in [4.78, 5) is 5.48. The molecule has 3 N–H and O–H groups in total. The molecule has 0 fully saturated rings. The third-order valence-corrected chi connectivity index (χ3v) is 3.62. The van der Waals surface area contributed by atoms with Gasteiger partial charge in [-0.2, -0.15) is 0 Å². The van der Waals surface area contributed by atoms with Gasteiger partial charge < -0.3 is 5.73 Å². The molecule has 0 aliphatic carbocycles. The number of H-pyrrole nitrogens is 1. The molecule has 5 heteroatoms. The Balaban J connectivity index is 2.14. The first-order valence-electron chi connectivity index (χ1n) is 5.96. The zero-order valence-electron chi connectivity index (χ0n) is 10.9. The number of nitrogens with two attached hydrogens (primary N) is 1. The average molecular weight is 262 g/mol. The Morgan fingerprint density at radius 2 is 2.17 bits per heavy atom. The zero-order chi connectivity index (χ0) is 13.1. The fraction of sp³-hybridized carbons (Fsp3) is 0.385. The van der Waals surface area contributed by atoms with Gasteiger partial charge in [0.2, 0.25) is 5.16 Å². The fourth-order valence-corrected chi connectivity index (χ4v) is 2.62. The summed E-state index contributed by atoms with van der Waals surface area (Å²) in [5.41, 5.74) is 8.32. The summed E-state index contributed by atoms with van der Waals surface area (Å²) in [6.07, 6.45) is 0.908. The van der Waals surface area contributed by atoms with Gasteiger partial charge in [-0.1, -0.05) is 12.1 Å². The molecule has 1 atom stereocenters. The Morgan fingerprint density at radius 1 is 1.39 bits per heavy atom. The fourth-order valence-electron chi connectivity index (χ4n) is 1.79. The first-order valence-corrected chi connectivity index (χ1v) is 6.78. The number of aryl methyl sites for hydroxylation is 2. The van der Waals surface area contributed by atoms with E-state index in [2.05, 4.69) is 40.3 Å². The molecule has 1 aromatic heterocycles. The molecule has 2 aromatic rings. The molecule has 0 saturated carbocycles. The van der Waals surface area contributed by atoms with Crippen molar-refractivity contribution in [3.05, 3.63) is 35.2 Å². The number of hydrogen-bond donors (Lipinski definition) is 2. The summed E-state index contributed by atoms with van der Waals surface area (Å²) in [7, 11) is 0. The van der Waals surface area contributed by atoms with E-state index in [1.54, 1.807) is 11.8 Å². The van der Waals surface area contributed by atoms with Crippen molar-refractivity contribution in [3.63, 3.8) is 0 Å². The van der Waals surface area contributed by atoms with Crippen LogP contribution in [0.5, 0.6) is 0 Å². The zero-order valence-corrected chi connectivity index (χ0v) is 11.7. The minimum atomic E-state index is 0.193. The van der Waals surface area contributed by atoms with Crippen molar-refractivity contribution in [1.82, 2.24) is 15.2 Å². The third kappa shape index (κ3) is 3.34. The smallest absolute Gasteiger partial charge is 0.213 e. The number of aromatic nitrogens is 3. The van der Waals surface area contributed by atoms with Crippen molar-refractivity contribution < 1.29 is 0 Å². The maximum Gasteiger partial charge on any atom is 0.213 e. The monoisotopic (exact) mass is 262 g/mol. The Kier molecular flexibility index (Phi) is 4.04. The van der Waals surface area contributed by atoms with Gasteiger partial charge in [-0.05, 0) is 56.1 Å². The lowest BCUT2D eigenvalue weighted by molar-refractivity contribution is 0.737. The van der Waals surface area contributed by atoms with Crippen molar-refractivity contribution >= 4 is 11.8 Å². The van der Waals surface area contributed by atoms with Gasteiger partial charge in [0.1, 0.15) is 5.82 Å². The molecular formula is C13H18N4S. The van der Waals surface area contributed by atoms with Crippen molar-refractivity contribution in [1.29, 1.82) is 0 Å². The first kappa shape index (κ1) is 13.1. The highest BCUT2D eigenvalue weighted by atomic mass is 32.2. The highest BCUT2D eigenvalue weighted by Crippen LogP contribution is 2.28. The number of benzene rings is 1. The maximum atomic E-state index is 5.81. The molecule has 18 heavy (non-hydrogen) atoms. The van der Waals surface area contributed by atoms with Gasteiger partial charge in [-0.15, -0.1) is 5.10 Å². The Labute approximate surface area is 111 Å². The number of nitrogens with one attached hydrogen (secondary N) is 1. The number of hydrogen-bond acceptors (Lipinski definition) is 4. The van der Waals surface area contributed by atoms with Crippen LogP contribution in [-0.4, -0.2) is 21.2 Å². The van der Waals surface area contributed by atoms with E-state index < -0.39 is 0 Å². The third-order valence-electron chi connectivity index (χ3n) is 2.57. The normalized spacial score (nSPS) is 12.7. The summed E-state index contributed by atoms with van der Waals surface area (Å²) in [6.45, 7) is 6.02. The SMILES string of the molecule is Cc1nc(Sc2ccc(CC(C)N)cc2C)n[nH]1. The Morgan fingerprint density at radius 3 is 2.72 bits per heavy atom. The van der Waals surface area contributed by atoms with E-state index in [1.165, 1.54) is 16.0 Å². The lowest BCUT2D eigenvalue weighted by Gasteiger charge is -2.08. The second-order valence-electron chi connectivity index (χ2n) is 4.59. The van der Waals surface area contributed by atoms with Crippen LogP contribution in [0.1, 0.15) is 23.9 Å². The molecule has 1 heterocycles. The van der Waals surface area contributed by atoms with Crippen LogP contribution >= 0.6 is 11.8 Å². The average Bonchev–Trinajstić information content (AvgIpc) is 2.67. The molecule has 96 valence electrons. The van der Waals surface area contributed by atoms with Gasteiger partial charge in [0.15, 0.2) is 0 Å². The first-order chi connectivity index (χ1) is 8.54. The molecule has 0 spiro atoms. The van der Waals surface area contributed by atoms with E-state index in [4.69, 9.17) is 5.73 Å². The molecular weight excluding hydrogens is 244 g/mol. The Hall–Kier alpha value is -1.33. The largest absolute Gasteiger partial charge is 0.328 e. The second-order valence-corrected chi connectivity index (χ2v) is 5.60. The molecule has 4 nitrogen and oxygen atoms in total. The molecule has 1 aromatic carbocycles. The van der Waals surface area contributed by atoms with Crippen LogP contribution in [0.3, 0.4) is 0 Å². The van der Waals surface area contributed by atoms with Crippen molar-refractivity contribution in [2.24, 2.45) is 5.73 Å². The van der Waals surface area contributed by atoms with Crippen LogP contribution in [0.15, 0.2) is 28.3 Å². The van der Waals surface area contributed by atoms with Crippen molar-refractivity contribution in [3.8, 4) is 0 Å². The van der Waals surface area contributed by atoms with E-state index in [0.717, 1.165) is 17.4 Å². The maximum absolute atomic E-state index is 5.81. The summed E-state index contributed by atoms with van der Waals surface area (Å²) in [6, 6.07) is 6.62. The van der Waals surface area contributed by atoms with E-state index in [1.807, 2.05) is 13.8 Å². The molecule has 1 unspecified atom stereocenters. The predicted octanol–water partition coefficient (Wildman–Crippen LogP) is 2.46. The lowest BCUT2D eigenvalue weighted by Crippen LogP contribution is -2.17. The van der Waals surface area contributed by atoms with Gasteiger partial charge in [0.05, 0.1) is 0 Å². The molecule has 2 rings (SSSR count). The van der Waals surface area contributed by atoms with Gasteiger partial charge in [-0.25, -0.2) is 4.98 Å². The molecule has 0 bridgehead atoms. The van der Waals surface area contributed by atoms with Crippen LogP contribution in [0, 0.1) is 13.8 Å². The summed E-state index contributed by atoms with van der Waals surface area (Å²) in [5, 5.41) is 7.74. The van der Waals surface area contributed by atoms with Gasteiger partial charge in [0, 0.05) is 10.9 Å². The molecule has 0 aliphatic heterocycles. The van der Waals surface area contributed by atoms with E-state index >= 15 is 0 Å².